The lowest BCUT2D eigenvalue weighted by Crippen LogP contribution is -2.51. The van der Waals surface area contributed by atoms with Crippen molar-refractivity contribution >= 4 is 34.6 Å². The van der Waals surface area contributed by atoms with Crippen LogP contribution in [0.15, 0.2) is 6.07 Å². The zero-order chi connectivity index (χ0) is 17.1. The van der Waals surface area contributed by atoms with Crippen molar-refractivity contribution in [1.82, 2.24) is 16.2 Å². The number of carbonyl (C=O) groups excluding carboxylic acids is 1. The Morgan fingerprint density at radius 2 is 2.00 bits per heavy atom. The molecule has 0 radical (unpaired) electrons. The highest BCUT2D eigenvalue weighted by molar-refractivity contribution is 7.80. The second kappa shape index (κ2) is 7.83. The van der Waals surface area contributed by atoms with Gasteiger partial charge < -0.3 is 5.32 Å². The number of carbonyl (C=O) groups is 1. The predicted octanol–water partition coefficient (Wildman–Crippen LogP) is 3.56. The van der Waals surface area contributed by atoms with Gasteiger partial charge in [-0.15, -0.1) is 11.3 Å². The van der Waals surface area contributed by atoms with Crippen molar-refractivity contribution in [2.24, 2.45) is 11.8 Å². The highest BCUT2D eigenvalue weighted by Crippen LogP contribution is 2.32. The first kappa shape index (κ1) is 17.7. The number of nitrogens with one attached hydrogen (secondary N) is 3. The molecule has 1 saturated carbocycles. The lowest BCUT2D eigenvalue weighted by Gasteiger charge is -2.30. The lowest BCUT2D eigenvalue weighted by molar-refractivity contribution is 0.0947. The second-order valence-electron chi connectivity index (χ2n) is 7.33. The van der Waals surface area contributed by atoms with Gasteiger partial charge in [-0.3, -0.25) is 15.6 Å². The zero-order valence-corrected chi connectivity index (χ0v) is 16.1. The molecule has 3 rings (SSSR count). The minimum absolute atomic E-state index is 0.0945. The first-order valence-electron chi connectivity index (χ1n) is 9.01. The molecule has 1 aromatic rings. The fourth-order valence-electron chi connectivity index (χ4n) is 3.73. The summed E-state index contributed by atoms with van der Waals surface area (Å²) in [5.41, 5.74) is 6.95. The van der Waals surface area contributed by atoms with Crippen LogP contribution in [-0.2, 0) is 12.8 Å². The Morgan fingerprint density at radius 3 is 2.79 bits per heavy atom. The molecule has 3 atom stereocenters. The van der Waals surface area contributed by atoms with Gasteiger partial charge in [0.25, 0.3) is 5.91 Å². The van der Waals surface area contributed by atoms with E-state index in [2.05, 4.69) is 30.0 Å². The van der Waals surface area contributed by atoms with Gasteiger partial charge in [-0.1, -0.05) is 26.7 Å². The van der Waals surface area contributed by atoms with E-state index in [9.17, 15) is 4.79 Å². The summed E-state index contributed by atoms with van der Waals surface area (Å²) < 4.78 is 0. The number of hydrogen-bond acceptors (Lipinski definition) is 3. The van der Waals surface area contributed by atoms with Crippen molar-refractivity contribution in [2.45, 2.75) is 64.8 Å². The Hall–Kier alpha value is -1.14. The van der Waals surface area contributed by atoms with Gasteiger partial charge in [0.1, 0.15) is 0 Å². The van der Waals surface area contributed by atoms with Crippen molar-refractivity contribution in [3.05, 3.63) is 21.4 Å². The van der Waals surface area contributed by atoms with Crippen LogP contribution >= 0.6 is 23.6 Å². The van der Waals surface area contributed by atoms with Crippen LogP contribution in [-0.4, -0.2) is 17.1 Å². The molecule has 1 aromatic heterocycles. The molecule has 24 heavy (non-hydrogen) atoms. The average Bonchev–Trinajstić information content (AvgIpc) is 2.98. The number of hydrogen-bond donors (Lipinski definition) is 3. The number of fused-ring (bicyclic) bond motifs is 1. The summed E-state index contributed by atoms with van der Waals surface area (Å²) in [5, 5.41) is 3.85. The average molecular weight is 366 g/mol. The minimum Gasteiger partial charge on any atom is -0.358 e. The first-order valence-corrected chi connectivity index (χ1v) is 10.2. The number of thiophene rings is 1. The minimum atomic E-state index is -0.0945. The van der Waals surface area contributed by atoms with Crippen molar-refractivity contribution in [3.8, 4) is 0 Å². The van der Waals surface area contributed by atoms with E-state index >= 15 is 0 Å². The Bertz CT molecular complexity index is 613. The van der Waals surface area contributed by atoms with E-state index in [1.54, 1.807) is 11.3 Å². The van der Waals surface area contributed by atoms with Crippen molar-refractivity contribution in [2.75, 3.05) is 0 Å². The molecule has 2 aliphatic rings. The topological polar surface area (TPSA) is 53.2 Å². The number of rotatable bonds is 2. The summed E-state index contributed by atoms with van der Waals surface area (Å²) in [6, 6.07) is 2.46. The van der Waals surface area contributed by atoms with Gasteiger partial charge in [0.05, 0.1) is 4.88 Å². The van der Waals surface area contributed by atoms with E-state index in [0.29, 0.717) is 17.1 Å². The van der Waals surface area contributed by atoms with Crippen LogP contribution in [0.2, 0.25) is 0 Å². The van der Waals surface area contributed by atoms with Crippen LogP contribution in [0.25, 0.3) is 0 Å². The molecule has 0 aliphatic heterocycles. The molecule has 0 bridgehead atoms. The van der Waals surface area contributed by atoms with Gasteiger partial charge >= 0.3 is 0 Å². The van der Waals surface area contributed by atoms with Gasteiger partial charge in [0.2, 0.25) is 0 Å². The van der Waals surface area contributed by atoms with Crippen molar-refractivity contribution in [1.29, 1.82) is 0 Å². The summed E-state index contributed by atoms with van der Waals surface area (Å²) in [6.07, 6.45) is 8.35. The Labute approximate surface area is 153 Å². The quantitative estimate of drug-likeness (QED) is 0.554. The number of hydrazine groups is 1. The van der Waals surface area contributed by atoms with E-state index in [1.165, 1.54) is 36.1 Å². The molecule has 0 spiro atoms. The van der Waals surface area contributed by atoms with E-state index in [0.717, 1.165) is 30.1 Å². The summed E-state index contributed by atoms with van der Waals surface area (Å²) in [5.74, 6) is 1.25. The van der Waals surface area contributed by atoms with Crippen LogP contribution < -0.4 is 16.2 Å². The molecule has 4 nitrogen and oxygen atoms in total. The molecule has 132 valence electrons. The standard InChI is InChI=1S/C18H27N3OS2/c1-11-7-8-15-13(9-11)10-16(24-15)17(22)20-21-18(23)19-14-6-4-3-5-12(14)2/h10-12,14H,3-9H2,1-2H3,(H,20,22)(H2,19,21,23)/t11-,12-,14-/m0/s1. The first-order chi connectivity index (χ1) is 11.5. The fraction of sp³-hybridized carbons (Fsp3) is 0.667. The summed E-state index contributed by atoms with van der Waals surface area (Å²) in [6.45, 7) is 4.54. The van der Waals surface area contributed by atoms with Crippen molar-refractivity contribution < 1.29 is 4.79 Å². The maximum Gasteiger partial charge on any atom is 0.279 e. The van der Waals surface area contributed by atoms with E-state index in [4.69, 9.17) is 12.2 Å². The molecular formula is C18H27N3OS2. The van der Waals surface area contributed by atoms with E-state index < -0.39 is 0 Å². The van der Waals surface area contributed by atoms with Crippen LogP contribution in [0.1, 0.15) is 66.1 Å². The third-order valence-electron chi connectivity index (χ3n) is 5.27. The maximum atomic E-state index is 12.4. The van der Waals surface area contributed by atoms with Gasteiger partial charge in [-0.25, -0.2) is 0 Å². The molecule has 1 amide bonds. The predicted molar refractivity (Wildman–Crippen MR) is 103 cm³/mol. The Kier molecular flexibility index (Phi) is 5.76. The molecule has 2 aliphatic carbocycles. The van der Waals surface area contributed by atoms with Gasteiger partial charge in [0, 0.05) is 10.9 Å². The Morgan fingerprint density at radius 1 is 1.21 bits per heavy atom. The third-order valence-corrected chi connectivity index (χ3v) is 6.73. The van der Waals surface area contributed by atoms with E-state index in [1.807, 2.05) is 6.07 Å². The van der Waals surface area contributed by atoms with Crippen LogP contribution in [0.3, 0.4) is 0 Å². The SMILES string of the molecule is C[C@H]1CCc2sc(C(=O)NNC(=S)N[C@H]3CCCC[C@@H]3C)cc2C1. The van der Waals surface area contributed by atoms with Crippen LogP contribution in [0, 0.1) is 11.8 Å². The molecule has 1 fully saturated rings. The number of aryl methyl sites for hydroxylation is 1. The number of thiocarbonyl (C=S) groups is 1. The van der Waals surface area contributed by atoms with Crippen LogP contribution in [0.5, 0.6) is 0 Å². The van der Waals surface area contributed by atoms with Gasteiger partial charge in [-0.2, -0.15) is 0 Å². The maximum absolute atomic E-state index is 12.4. The number of amides is 1. The fourth-order valence-corrected chi connectivity index (χ4v) is 5.03. The van der Waals surface area contributed by atoms with E-state index in [-0.39, 0.29) is 5.91 Å². The summed E-state index contributed by atoms with van der Waals surface area (Å²) >= 11 is 6.94. The van der Waals surface area contributed by atoms with Gasteiger partial charge in [0.15, 0.2) is 5.11 Å². The van der Waals surface area contributed by atoms with Crippen LogP contribution in [0.4, 0.5) is 0 Å². The Balaban J connectivity index is 1.49. The highest BCUT2D eigenvalue weighted by atomic mass is 32.1. The zero-order valence-electron chi connectivity index (χ0n) is 14.5. The second-order valence-corrected chi connectivity index (χ2v) is 8.87. The summed E-state index contributed by atoms with van der Waals surface area (Å²) in [7, 11) is 0. The summed E-state index contributed by atoms with van der Waals surface area (Å²) in [4.78, 5) is 14.5. The molecule has 1 heterocycles. The molecule has 0 aromatic carbocycles. The molecule has 3 N–H and O–H groups in total. The molecule has 0 saturated heterocycles. The smallest absolute Gasteiger partial charge is 0.279 e. The lowest BCUT2D eigenvalue weighted by atomic mass is 9.86. The third kappa shape index (κ3) is 4.28. The normalized spacial score (nSPS) is 26.3. The monoisotopic (exact) mass is 365 g/mol. The van der Waals surface area contributed by atoms with Crippen molar-refractivity contribution in [3.63, 3.8) is 0 Å². The highest BCUT2D eigenvalue weighted by Gasteiger charge is 2.23. The van der Waals surface area contributed by atoms with Gasteiger partial charge in [-0.05, 0) is 67.8 Å². The largest absolute Gasteiger partial charge is 0.358 e. The molecule has 6 heteroatoms. The molecular weight excluding hydrogens is 338 g/mol. The molecule has 0 unspecified atom stereocenters.